The number of nitrogens with zero attached hydrogens (tertiary/aromatic N) is 5. The summed E-state index contributed by atoms with van der Waals surface area (Å²) in [6.45, 7) is 2.48. The van der Waals surface area contributed by atoms with Crippen LogP contribution >= 0.6 is 11.6 Å². The molecule has 0 bridgehead atoms. The molecule has 0 amide bonds. The summed E-state index contributed by atoms with van der Waals surface area (Å²) >= 11 is 6.10. The Labute approximate surface area is 144 Å². The third kappa shape index (κ3) is 2.68. The second-order valence-electron chi connectivity index (χ2n) is 6.19. The van der Waals surface area contributed by atoms with Crippen molar-refractivity contribution < 1.29 is 4.74 Å². The molecule has 1 saturated heterocycles. The van der Waals surface area contributed by atoms with Crippen LogP contribution in [0.15, 0.2) is 24.4 Å². The average Bonchev–Trinajstić information content (AvgIpc) is 3.28. The third-order valence-electron chi connectivity index (χ3n) is 4.76. The fraction of sp³-hybridized carbons (Fsp3) is 0.438. The van der Waals surface area contributed by atoms with Crippen LogP contribution in [-0.4, -0.2) is 56.2 Å². The van der Waals surface area contributed by atoms with Gasteiger partial charge >= 0.3 is 0 Å². The molecule has 1 aromatic carbocycles. The van der Waals surface area contributed by atoms with Crippen LogP contribution in [0.4, 0.5) is 0 Å². The molecule has 0 spiro atoms. The van der Waals surface area contributed by atoms with Gasteiger partial charge in [0.2, 0.25) is 0 Å². The molecule has 0 aliphatic carbocycles. The smallest absolute Gasteiger partial charge is 0.123 e. The number of fused-ring (bicyclic) bond motifs is 1. The predicted octanol–water partition coefficient (Wildman–Crippen LogP) is 1.96. The standard InChI is InChI=1S/C16H19ClN6O/c1-22-14-5-10(17)3-4-12(14)19-16(22)9-23-7-11(15(8-23)24-2)13-6-18-21-20-13/h3-6,11,15H,7-9H2,1-2H3,(H,18,20,21)/t11-,15+/m0/s1. The summed E-state index contributed by atoms with van der Waals surface area (Å²) in [4.78, 5) is 7.09. The van der Waals surface area contributed by atoms with Crippen molar-refractivity contribution in [3.05, 3.63) is 40.9 Å². The largest absolute Gasteiger partial charge is 0.379 e. The zero-order valence-corrected chi connectivity index (χ0v) is 14.4. The molecule has 0 radical (unpaired) electrons. The van der Waals surface area contributed by atoms with Gasteiger partial charge in [-0.05, 0) is 18.2 Å². The lowest BCUT2D eigenvalue weighted by atomic mass is 10.0. The lowest BCUT2D eigenvalue weighted by molar-refractivity contribution is 0.0954. The Balaban J connectivity index is 1.57. The molecular weight excluding hydrogens is 328 g/mol. The van der Waals surface area contributed by atoms with E-state index in [4.69, 9.17) is 21.3 Å². The molecule has 1 N–H and O–H groups in total. The SMILES string of the molecule is CO[C@@H]1CN(Cc2nc3ccc(Cl)cc3n2C)C[C@H]1c1cn[nH]n1. The molecule has 1 aliphatic heterocycles. The monoisotopic (exact) mass is 346 g/mol. The van der Waals surface area contributed by atoms with Gasteiger partial charge in [-0.2, -0.15) is 15.4 Å². The lowest BCUT2D eigenvalue weighted by Gasteiger charge is -2.14. The van der Waals surface area contributed by atoms with Crippen LogP contribution in [0.3, 0.4) is 0 Å². The Morgan fingerprint density at radius 1 is 1.38 bits per heavy atom. The second kappa shape index (κ2) is 6.16. The van der Waals surface area contributed by atoms with E-state index in [1.165, 1.54) is 0 Å². The Morgan fingerprint density at radius 3 is 3.00 bits per heavy atom. The third-order valence-corrected chi connectivity index (χ3v) is 4.99. The minimum Gasteiger partial charge on any atom is -0.379 e. The molecule has 0 saturated carbocycles. The molecule has 1 aliphatic rings. The molecule has 7 nitrogen and oxygen atoms in total. The van der Waals surface area contributed by atoms with E-state index < -0.39 is 0 Å². The molecule has 2 atom stereocenters. The topological polar surface area (TPSA) is 71.9 Å². The van der Waals surface area contributed by atoms with E-state index in [9.17, 15) is 0 Å². The molecule has 4 rings (SSSR count). The van der Waals surface area contributed by atoms with E-state index in [0.717, 1.165) is 47.2 Å². The minimum absolute atomic E-state index is 0.110. The number of nitrogens with one attached hydrogen (secondary N) is 1. The van der Waals surface area contributed by atoms with Gasteiger partial charge in [0.05, 0.1) is 35.6 Å². The van der Waals surface area contributed by atoms with Crippen LogP contribution < -0.4 is 0 Å². The zero-order chi connectivity index (χ0) is 16.7. The summed E-state index contributed by atoms with van der Waals surface area (Å²) in [7, 11) is 3.78. The summed E-state index contributed by atoms with van der Waals surface area (Å²) < 4.78 is 7.76. The van der Waals surface area contributed by atoms with E-state index in [2.05, 4.69) is 24.9 Å². The highest BCUT2D eigenvalue weighted by Gasteiger charge is 2.36. The number of benzene rings is 1. The highest BCUT2D eigenvalue weighted by Crippen LogP contribution is 2.29. The molecule has 0 unspecified atom stereocenters. The minimum atomic E-state index is 0.110. The molecule has 8 heteroatoms. The van der Waals surface area contributed by atoms with E-state index in [1.54, 1.807) is 13.3 Å². The van der Waals surface area contributed by atoms with E-state index in [-0.39, 0.29) is 12.0 Å². The van der Waals surface area contributed by atoms with Gasteiger partial charge in [-0.1, -0.05) is 11.6 Å². The highest BCUT2D eigenvalue weighted by molar-refractivity contribution is 6.31. The number of hydrogen-bond acceptors (Lipinski definition) is 5. The number of likely N-dealkylation sites (tertiary alicyclic amines) is 1. The quantitative estimate of drug-likeness (QED) is 0.782. The number of rotatable bonds is 4. The van der Waals surface area contributed by atoms with Crippen LogP contribution in [0, 0.1) is 0 Å². The second-order valence-corrected chi connectivity index (χ2v) is 6.63. The van der Waals surface area contributed by atoms with Gasteiger partial charge in [-0.25, -0.2) is 4.98 Å². The van der Waals surface area contributed by atoms with Gasteiger partial charge in [-0.3, -0.25) is 4.90 Å². The fourth-order valence-electron chi connectivity index (χ4n) is 3.45. The number of aryl methyl sites for hydroxylation is 1. The van der Waals surface area contributed by atoms with Crippen LogP contribution in [0.25, 0.3) is 11.0 Å². The van der Waals surface area contributed by atoms with Crippen molar-refractivity contribution in [1.29, 1.82) is 0 Å². The molecule has 3 aromatic rings. The number of halogens is 1. The van der Waals surface area contributed by atoms with Crippen molar-refractivity contribution in [3.8, 4) is 0 Å². The van der Waals surface area contributed by atoms with Crippen molar-refractivity contribution in [3.63, 3.8) is 0 Å². The number of aromatic nitrogens is 5. The van der Waals surface area contributed by atoms with Gasteiger partial charge in [-0.15, -0.1) is 0 Å². The first-order valence-electron chi connectivity index (χ1n) is 7.87. The number of hydrogen-bond donors (Lipinski definition) is 1. The molecule has 2 aromatic heterocycles. The summed E-state index contributed by atoms with van der Waals surface area (Å²) in [6, 6.07) is 5.78. The maximum atomic E-state index is 6.10. The van der Waals surface area contributed by atoms with Crippen LogP contribution in [-0.2, 0) is 18.3 Å². The molecular formula is C16H19ClN6O. The number of imidazole rings is 1. The number of aromatic amines is 1. The van der Waals surface area contributed by atoms with Crippen LogP contribution in [0.1, 0.15) is 17.4 Å². The van der Waals surface area contributed by atoms with E-state index in [1.807, 2.05) is 25.2 Å². The van der Waals surface area contributed by atoms with Crippen molar-refractivity contribution in [2.45, 2.75) is 18.6 Å². The summed E-state index contributed by atoms with van der Waals surface area (Å²) in [5.41, 5.74) is 2.96. The Hall–Kier alpha value is -1.96. The van der Waals surface area contributed by atoms with Crippen molar-refractivity contribution >= 4 is 22.6 Å². The van der Waals surface area contributed by atoms with E-state index in [0.29, 0.717) is 0 Å². The van der Waals surface area contributed by atoms with Crippen LogP contribution in [0.2, 0.25) is 5.02 Å². The maximum Gasteiger partial charge on any atom is 0.123 e. The predicted molar refractivity (Wildman–Crippen MR) is 90.9 cm³/mol. The number of ether oxygens (including phenoxy) is 1. The highest BCUT2D eigenvalue weighted by atomic mass is 35.5. The van der Waals surface area contributed by atoms with Gasteiger partial charge in [0.25, 0.3) is 0 Å². The normalized spacial score (nSPS) is 21.8. The summed E-state index contributed by atoms with van der Waals surface area (Å²) in [5.74, 6) is 1.24. The first kappa shape index (κ1) is 15.6. The average molecular weight is 347 g/mol. The van der Waals surface area contributed by atoms with Gasteiger partial charge in [0, 0.05) is 38.2 Å². The van der Waals surface area contributed by atoms with Gasteiger partial charge in [0.1, 0.15) is 5.82 Å². The van der Waals surface area contributed by atoms with Gasteiger partial charge < -0.3 is 9.30 Å². The van der Waals surface area contributed by atoms with Gasteiger partial charge in [0.15, 0.2) is 0 Å². The van der Waals surface area contributed by atoms with Crippen molar-refractivity contribution in [1.82, 2.24) is 29.9 Å². The first-order valence-corrected chi connectivity index (χ1v) is 8.25. The molecule has 126 valence electrons. The first-order chi connectivity index (χ1) is 11.7. The molecule has 24 heavy (non-hydrogen) atoms. The Kier molecular flexibility index (Phi) is 3.99. The fourth-order valence-corrected chi connectivity index (χ4v) is 3.61. The molecule has 1 fully saturated rings. The maximum absolute atomic E-state index is 6.10. The Morgan fingerprint density at radius 2 is 2.25 bits per heavy atom. The van der Waals surface area contributed by atoms with E-state index >= 15 is 0 Å². The summed E-state index contributed by atoms with van der Waals surface area (Å²) in [6.07, 6.45) is 1.89. The number of methoxy groups -OCH3 is 1. The summed E-state index contributed by atoms with van der Waals surface area (Å²) in [5, 5.41) is 11.5. The molecule has 3 heterocycles. The van der Waals surface area contributed by atoms with Crippen molar-refractivity contribution in [2.75, 3.05) is 20.2 Å². The zero-order valence-electron chi connectivity index (χ0n) is 13.6. The Bertz CT molecular complexity index is 846. The van der Waals surface area contributed by atoms with Crippen molar-refractivity contribution in [2.24, 2.45) is 7.05 Å². The number of H-pyrrole nitrogens is 1. The lowest BCUT2D eigenvalue weighted by Crippen LogP contribution is -2.24. The van der Waals surface area contributed by atoms with Crippen LogP contribution in [0.5, 0.6) is 0 Å².